The molecule has 0 unspecified atom stereocenters. The average molecular weight is 391 g/mol. The van der Waals surface area contributed by atoms with Crippen molar-refractivity contribution < 1.29 is 14.3 Å². The number of hydrogen-bond acceptors (Lipinski definition) is 3. The molecule has 1 aliphatic rings. The molecule has 0 radical (unpaired) electrons. The maximum Gasteiger partial charge on any atom is 0.260 e. The summed E-state index contributed by atoms with van der Waals surface area (Å²) in [6.45, 7) is -0.0281. The van der Waals surface area contributed by atoms with Crippen LogP contribution in [-0.2, 0) is 9.59 Å². The highest BCUT2D eigenvalue weighted by Gasteiger charge is 2.24. The molecule has 2 aromatic carbocycles. The molecule has 0 spiro atoms. The smallest absolute Gasteiger partial charge is 0.260 e. The molecule has 0 saturated heterocycles. The van der Waals surface area contributed by atoms with Crippen LogP contribution in [0.5, 0.6) is 5.75 Å². The fourth-order valence-electron chi connectivity index (χ4n) is 2.34. The Labute approximate surface area is 149 Å². The Bertz CT molecular complexity index is 774. The molecule has 2 amide bonds. The van der Waals surface area contributed by atoms with E-state index in [0.29, 0.717) is 11.8 Å². The number of rotatable bonds is 6. The molecular formula is C18H19BrN2O3. The summed E-state index contributed by atoms with van der Waals surface area (Å²) >= 11 is 3.44. The Morgan fingerprint density at radius 3 is 2.67 bits per heavy atom. The quantitative estimate of drug-likeness (QED) is 0.824. The van der Waals surface area contributed by atoms with Gasteiger partial charge >= 0.3 is 0 Å². The lowest BCUT2D eigenvalue weighted by molar-refractivity contribution is -0.136. The second-order valence-corrected chi connectivity index (χ2v) is 6.95. The van der Waals surface area contributed by atoms with E-state index >= 15 is 0 Å². The van der Waals surface area contributed by atoms with Crippen molar-refractivity contribution in [3.05, 3.63) is 40.9 Å². The number of hydrogen-bond donors (Lipinski definition) is 1. The molecule has 0 aromatic heterocycles. The van der Waals surface area contributed by atoms with E-state index < -0.39 is 0 Å². The van der Waals surface area contributed by atoms with Gasteiger partial charge in [0.1, 0.15) is 5.75 Å². The first-order chi connectivity index (χ1) is 11.5. The van der Waals surface area contributed by atoms with E-state index in [1.807, 2.05) is 36.4 Å². The van der Waals surface area contributed by atoms with E-state index in [9.17, 15) is 9.59 Å². The van der Waals surface area contributed by atoms with Crippen LogP contribution in [-0.4, -0.2) is 43.0 Å². The van der Waals surface area contributed by atoms with Gasteiger partial charge < -0.3 is 15.0 Å². The van der Waals surface area contributed by atoms with Gasteiger partial charge in [-0.15, -0.1) is 0 Å². The van der Waals surface area contributed by atoms with E-state index in [-0.39, 0.29) is 25.0 Å². The number of carbonyl (C=O) groups is 2. The van der Waals surface area contributed by atoms with Gasteiger partial charge in [0.15, 0.2) is 6.61 Å². The lowest BCUT2D eigenvalue weighted by Gasteiger charge is -2.17. The van der Waals surface area contributed by atoms with Crippen LogP contribution in [0, 0.1) is 0 Å². The third kappa shape index (κ3) is 4.47. The van der Waals surface area contributed by atoms with Crippen LogP contribution in [0.2, 0.25) is 0 Å². The van der Waals surface area contributed by atoms with Gasteiger partial charge in [0.05, 0.1) is 6.54 Å². The van der Waals surface area contributed by atoms with E-state index in [2.05, 4.69) is 21.2 Å². The molecule has 0 atom stereocenters. The van der Waals surface area contributed by atoms with Gasteiger partial charge in [-0.05, 0) is 47.9 Å². The zero-order chi connectivity index (χ0) is 17.1. The maximum atomic E-state index is 12.1. The van der Waals surface area contributed by atoms with E-state index in [1.54, 1.807) is 7.05 Å². The van der Waals surface area contributed by atoms with Crippen molar-refractivity contribution in [2.45, 2.75) is 18.9 Å². The molecule has 24 heavy (non-hydrogen) atoms. The number of benzene rings is 2. The van der Waals surface area contributed by atoms with Crippen LogP contribution in [0.4, 0.5) is 0 Å². The number of ether oxygens (including phenoxy) is 1. The van der Waals surface area contributed by atoms with E-state index in [0.717, 1.165) is 28.1 Å². The summed E-state index contributed by atoms with van der Waals surface area (Å²) in [5.74, 6) is 0.287. The Morgan fingerprint density at radius 2 is 1.92 bits per heavy atom. The summed E-state index contributed by atoms with van der Waals surface area (Å²) in [6.07, 6.45) is 2.07. The predicted molar refractivity (Wildman–Crippen MR) is 95.9 cm³/mol. The normalized spacial score (nSPS) is 13.6. The molecule has 0 bridgehead atoms. The van der Waals surface area contributed by atoms with Gasteiger partial charge in [-0.3, -0.25) is 9.59 Å². The molecule has 126 valence electrons. The monoisotopic (exact) mass is 390 g/mol. The minimum Gasteiger partial charge on any atom is -0.484 e. The topological polar surface area (TPSA) is 58.6 Å². The molecule has 1 saturated carbocycles. The van der Waals surface area contributed by atoms with E-state index in [4.69, 9.17) is 4.74 Å². The van der Waals surface area contributed by atoms with Gasteiger partial charge in [-0.25, -0.2) is 0 Å². The Balaban J connectivity index is 1.53. The molecular weight excluding hydrogens is 372 g/mol. The molecule has 1 N–H and O–H groups in total. The SMILES string of the molecule is CN(CC(=O)NC1CC1)C(=O)COc1ccc2cc(Br)ccc2c1. The van der Waals surface area contributed by atoms with Gasteiger partial charge in [0.25, 0.3) is 5.91 Å². The van der Waals surface area contributed by atoms with Crippen molar-refractivity contribution in [3.8, 4) is 5.75 Å². The second-order valence-electron chi connectivity index (χ2n) is 6.03. The first-order valence-corrected chi connectivity index (χ1v) is 8.66. The maximum absolute atomic E-state index is 12.1. The molecule has 1 fully saturated rings. The van der Waals surface area contributed by atoms with Crippen molar-refractivity contribution in [2.24, 2.45) is 0 Å². The molecule has 6 heteroatoms. The summed E-state index contributed by atoms with van der Waals surface area (Å²) in [7, 11) is 1.61. The van der Waals surface area contributed by atoms with Gasteiger partial charge in [-0.2, -0.15) is 0 Å². The van der Waals surface area contributed by atoms with Crippen molar-refractivity contribution >= 4 is 38.5 Å². The van der Waals surface area contributed by atoms with Crippen molar-refractivity contribution in [1.29, 1.82) is 0 Å². The minimum atomic E-state index is -0.225. The van der Waals surface area contributed by atoms with Gasteiger partial charge in [0.2, 0.25) is 5.91 Å². The number of carbonyl (C=O) groups excluding carboxylic acids is 2. The molecule has 2 aromatic rings. The fourth-order valence-corrected chi connectivity index (χ4v) is 2.72. The Kier molecular flexibility index (Phi) is 5.04. The molecule has 1 aliphatic carbocycles. The van der Waals surface area contributed by atoms with Gasteiger partial charge in [0, 0.05) is 17.6 Å². The number of amides is 2. The first kappa shape index (κ1) is 16.8. The highest BCUT2D eigenvalue weighted by Crippen LogP contribution is 2.24. The third-order valence-electron chi connectivity index (χ3n) is 3.89. The Hall–Kier alpha value is -2.08. The zero-order valence-corrected chi connectivity index (χ0v) is 15.0. The van der Waals surface area contributed by atoms with Crippen LogP contribution in [0.15, 0.2) is 40.9 Å². The van der Waals surface area contributed by atoms with Crippen LogP contribution in [0.1, 0.15) is 12.8 Å². The minimum absolute atomic E-state index is 0.0600. The zero-order valence-electron chi connectivity index (χ0n) is 13.4. The fraction of sp³-hybridized carbons (Fsp3) is 0.333. The largest absolute Gasteiger partial charge is 0.484 e. The summed E-state index contributed by atoms with van der Waals surface area (Å²) in [5, 5.41) is 5.00. The highest BCUT2D eigenvalue weighted by atomic mass is 79.9. The second kappa shape index (κ2) is 7.21. The summed E-state index contributed by atoms with van der Waals surface area (Å²) in [5.41, 5.74) is 0. The van der Waals surface area contributed by atoms with Crippen LogP contribution < -0.4 is 10.1 Å². The van der Waals surface area contributed by atoms with Gasteiger partial charge in [-0.1, -0.05) is 28.1 Å². The standard InChI is InChI=1S/C18H19BrN2O3/c1-21(10-17(22)20-15-5-6-15)18(23)11-24-16-7-3-12-8-14(19)4-2-13(12)9-16/h2-4,7-9,15H,5-6,10-11H2,1H3,(H,20,22). The number of nitrogens with one attached hydrogen (secondary N) is 1. The summed E-state index contributed by atoms with van der Waals surface area (Å²) < 4.78 is 6.59. The van der Waals surface area contributed by atoms with Crippen LogP contribution >= 0.6 is 15.9 Å². The van der Waals surface area contributed by atoms with Crippen molar-refractivity contribution in [1.82, 2.24) is 10.2 Å². The summed E-state index contributed by atoms with van der Waals surface area (Å²) in [4.78, 5) is 25.2. The third-order valence-corrected chi connectivity index (χ3v) is 4.38. The lowest BCUT2D eigenvalue weighted by Crippen LogP contribution is -2.40. The highest BCUT2D eigenvalue weighted by molar-refractivity contribution is 9.10. The molecule has 5 nitrogen and oxygen atoms in total. The van der Waals surface area contributed by atoms with Crippen molar-refractivity contribution in [2.75, 3.05) is 20.2 Å². The number of likely N-dealkylation sites (N-methyl/N-ethyl adjacent to an activating group) is 1. The predicted octanol–water partition coefficient (Wildman–Crippen LogP) is 2.72. The molecule has 0 heterocycles. The summed E-state index contributed by atoms with van der Waals surface area (Å²) in [6, 6.07) is 12.0. The number of nitrogens with zero attached hydrogens (tertiary/aromatic N) is 1. The number of halogens is 1. The molecule has 0 aliphatic heterocycles. The van der Waals surface area contributed by atoms with Crippen molar-refractivity contribution in [3.63, 3.8) is 0 Å². The first-order valence-electron chi connectivity index (χ1n) is 7.87. The van der Waals surface area contributed by atoms with E-state index in [1.165, 1.54) is 4.90 Å². The Morgan fingerprint density at radius 1 is 1.21 bits per heavy atom. The molecule has 3 rings (SSSR count). The van der Waals surface area contributed by atoms with Crippen LogP contribution in [0.3, 0.4) is 0 Å². The number of fused-ring (bicyclic) bond motifs is 1. The average Bonchev–Trinajstić information content (AvgIpc) is 3.36. The van der Waals surface area contributed by atoms with Crippen LogP contribution in [0.25, 0.3) is 10.8 Å². The lowest BCUT2D eigenvalue weighted by atomic mass is 10.1.